The van der Waals surface area contributed by atoms with Crippen molar-refractivity contribution < 1.29 is 17.1 Å². The van der Waals surface area contributed by atoms with Crippen molar-refractivity contribution in [1.82, 2.24) is 0 Å². The molecule has 0 aromatic carbocycles. The Labute approximate surface area is 148 Å². The number of rotatable bonds is 8. The zero-order valence-electron chi connectivity index (χ0n) is 13.6. The topological polar surface area (TPSA) is 62.5 Å². The van der Waals surface area contributed by atoms with Gasteiger partial charge in [0, 0.05) is 23.8 Å². The van der Waals surface area contributed by atoms with Crippen molar-refractivity contribution in [3.63, 3.8) is 0 Å². The van der Waals surface area contributed by atoms with E-state index in [0.717, 1.165) is 37.2 Å². The van der Waals surface area contributed by atoms with Crippen LogP contribution in [0, 0.1) is 5.92 Å². The van der Waals surface area contributed by atoms with Gasteiger partial charge in [-0.3, -0.25) is 4.79 Å². The van der Waals surface area contributed by atoms with E-state index in [9.17, 15) is 13.2 Å². The first-order chi connectivity index (χ1) is 11.1. The molecule has 1 saturated carbocycles. The van der Waals surface area contributed by atoms with Crippen LogP contribution < -0.4 is 0 Å². The molecule has 0 spiro atoms. The zero-order chi connectivity index (χ0) is 16.5. The van der Waals surface area contributed by atoms with Gasteiger partial charge >= 0.3 is 15.2 Å². The van der Waals surface area contributed by atoms with Crippen LogP contribution in [0.1, 0.15) is 57.8 Å². The van der Waals surface area contributed by atoms with Crippen LogP contribution in [0.3, 0.4) is 0 Å². The molecule has 0 N–H and O–H groups in total. The third-order valence-corrected chi connectivity index (χ3v) is 8.02. The number of carbonyl (C=O) groups excluding carboxylic acids is 2. The number of hydrogen-bond acceptors (Lipinski definition) is 5. The average Bonchev–Trinajstić information content (AvgIpc) is 2.55. The van der Waals surface area contributed by atoms with Gasteiger partial charge in [-0.25, -0.2) is 0 Å². The summed E-state index contributed by atoms with van der Waals surface area (Å²) in [6.07, 6.45) is 8.48. The summed E-state index contributed by atoms with van der Waals surface area (Å²) in [5.74, 6) is 3.34. The number of Topliss-reactive ketones (excluding diaryl/α,β-unsaturated/α-hetero) is 1. The molecule has 0 unspecified atom stereocenters. The second-order valence-electron chi connectivity index (χ2n) is 6.23. The fourth-order valence-electron chi connectivity index (χ4n) is 3.03. The molecule has 7 heteroatoms. The smallest absolute Gasteiger partial charge is 0.299 e. The Balaban J connectivity index is 1.61. The van der Waals surface area contributed by atoms with Crippen LogP contribution in [0.25, 0.3) is 0 Å². The zero-order valence-corrected chi connectivity index (χ0v) is 16.1. The summed E-state index contributed by atoms with van der Waals surface area (Å²) in [6.45, 7) is 0. The molecule has 0 aromatic rings. The van der Waals surface area contributed by atoms with Crippen molar-refractivity contribution in [3.05, 3.63) is 0 Å². The molecule has 23 heavy (non-hydrogen) atoms. The molecular formula is C16H27O4S3+. The van der Waals surface area contributed by atoms with E-state index in [1.54, 1.807) is 11.8 Å². The van der Waals surface area contributed by atoms with Crippen LogP contribution in [-0.2, 0) is 18.8 Å². The van der Waals surface area contributed by atoms with Gasteiger partial charge in [0.15, 0.2) is 0 Å². The van der Waals surface area contributed by atoms with Crippen molar-refractivity contribution in [2.45, 2.75) is 57.8 Å². The van der Waals surface area contributed by atoms with Crippen LogP contribution in [-0.4, -0.2) is 42.3 Å². The Morgan fingerprint density at radius 3 is 2.57 bits per heavy atom. The summed E-state index contributed by atoms with van der Waals surface area (Å²) in [4.78, 5) is 12.1. The monoisotopic (exact) mass is 379 g/mol. The normalized spacial score (nSPS) is 22.3. The summed E-state index contributed by atoms with van der Waals surface area (Å²) in [5.41, 5.74) is 0. The van der Waals surface area contributed by atoms with E-state index < -0.39 is 10.1 Å². The molecular weight excluding hydrogens is 352 g/mol. The van der Waals surface area contributed by atoms with Crippen molar-refractivity contribution in [3.8, 4) is 0 Å². The molecule has 2 rings (SSSR count). The molecule has 2 aliphatic rings. The van der Waals surface area contributed by atoms with Crippen LogP contribution in [0.4, 0.5) is 0 Å². The van der Waals surface area contributed by atoms with Gasteiger partial charge in [0.2, 0.25) is 0 Å². The Kier molecular flexibility index (Phi) is 8.47. The Morgan fingerprint density at radius 2 is 1.87 bits per heavy atom. The molecule has 1 saturated heterocycles. The number of ketones is 1. The highest BCUT2D eigenvalue weighted by molar-refractivity contribution is 8.18. The third-order valence-electron chi connectivity index (χ3n) is 4.31. The van der Waals surface area contributed by atoms with E-state index in [1.165, 1.54) is 31.0 Å². The van der Waals surface area contributed by atoms with Crippen molar-refractivity contribution in [2.75, 3.05) is 23.0 Å². The van der Waals surface area contributed by atoms with E-state index >= 15 is 0 Å². The van der Waals surface area contributed by atoms with Gasteiger partial charge in [-0.15, -0.1) is 24.1 Å². The molecule has 0 aromatic heterocycles. The van der Waals surface area contributed by atoms with Crippen LogP contribution in [0.2, 0.25) is 0 Å². The van der Waals surface area contributed by atoms with Crippen LogP contribution >= 0.6 is 23.5 Å². The maximum atomic E-state index is 12.1. The first kappa shape index (κ1) is 19.3. The standard InChI is InChI=1S/C16H27O4S3/c17-15(14-7-3-1-4-8-14)9-5-2-6-12-23(18,19)20-16-13-21-10-11-22-16/h14H,1-13H2/q+1. The van der Waals surface area contributed by atoms with Gasteiger partial charge in [-0.1, -0.05) is 25.7 Å². The van der Waals surface area contributed by atoms with Gasteiger partial charge in [-0.2, -0.15) is 0 Å². The van der Waals surface area contributed by atoms with E-state index in [-0.39, 0.29) is 11.7 Å². The predicted octanol–water partition coefficient (Wildman–Crippen LogP) is 3.57. The highest BCUT2D eigenvalue weighted by atomic mass is 32.2. The van der Waals surface area contributed by atoms with E-state index in [2.05, 4.69) is 0 Å². The lowest BCUT2D eigenvalue weighted by atomic mass is 9.84. The second kappa shape index (κ2) is 10.1. The largest absolute Gasteiger partial charge is 0.496 e. The van der Waals surface area contributed by atoms with Gasteiger partial charge in [-0.05, 0) is 37.4 Å². The van der Waals surface area contributed by atoms with E-state index in [1.807, 2.05) is 0 Å². The molecule has 1 aliphatic carbocycles. The number of thioether (sulfide) groups is 2. The first-order valence-corrected chi connectivity index (χ1v) is 12.3. The van der Waals surface area contributed by atoms with E-state index in [4.69, 9.17) is 3.87 Å². The third kappa shape index (κ3) is 7.61. The highest BCUT2D eigenvalue weighted by Gasteiger charge is 2.27. The van der Waals surface area contributed by atoms with Gasteiger partial charge < -0.3 is 0 Å². The van der Waals surface area contributed by atoms with Crippen molar-refractivity contribution in [1.29, 1.82) is 0 Å². The number of carbonyl (C=O) groups is 1. The van der Waals surface area contributed by atoms with Crippen LogP contribution in [0.5, 0.6) is 0 Å². The minimum absolute atomic E-state index is 0.0549. The predicted molar refractivity (Wildman–Crippen MR) is 98.6 cm³/mol. The lowest BCUT2D eigenvalue weighted by Crippen LogP contribution is -2.17. The molecule has 0 atom stereocenters. The summed E-state index contributed by atoms with van der Waals surface area (Å²) < 4.78 is 29.0. The minimum atomic E-state index is -3.46. The lowest BCUT2D eigenvalue weighted by molar-refractivity contribution is -0.263. The fourth-order valence-corrected chi connectivity index (χ4v) is 6.57. The van der Waals surface area contributed by atoms with E-state index in [0.29, 0.717) is 29.5 Å². The molecule has 0 amide bonds. The average molecular weight is 380 g/mol. The lowest BCUT2D eigenvalue weighted by Gasteiger charge is -2.20. The molecule has 1 heterocycles. The Bertz CT molecular complexity index is 499. The Hall–Kier alpha value is -0.0100. The fraction of sp³-hybridized carbons (Fsp3) is 0.875. The minimum Gasteiger partial charge on any atom is -0.299 e. The molecule has 0 radical (unpaired) electrons. The van der Waals surface area contributed by atoms with Crippen LogP contribution in [0.15, 0.2) is 0 Å². The quantitative estimate of drug-likeness (QED) is 0.476. The maximum Gasteiger partial charge on any atom is 0.496 e. The number of unbranched alkanes of at least 4 members (excludes halogenated alkanes) is 2. The Morgan fingerprint density at radius 1 is 1.09 bits per heavy atom. The number of hydrogen-bond donors (Lipinski definition) is 0. The molecule has 1 aliphatic heterocycles. The summed E-state index contributed by atoms with van der Waals surface area (Å²) in [5, 5.41) is 0.619. The summed E-state index contributed by atoms with van der Waals surface area (Å²) in [6, 6.07) is 0. The second-order valence-corrected chi connectivity index (χ2v) is 10.2. The van der Waals surface area contributed by atoms with Gasteiger partial charge in [0.25, 0.3) is 0 Å². The first-order valence-electron chi connectivity index (χ1n) is 8.58. The van der Waals surface area contributed by atoms with Gasteiger partial charge in [0.1, 0.15) is 17.3 Å². The summed E-state index contributed by atoms with van der Waals surface area (Å²) >= 11 is 3.21. The van der Waals surface area contributed by atoms with Gasteiger partial charge in [0.05, 0.1) is 0 Å². The molecule has 2 fully saturated rings. The molecule has 132 valence electrons. The highest BCUT2D eigenvalue weighted by Crippen LogP contribution is 2.26. The van der Waals surface area contributed by atoms with Crippen molar-refractivity contribution in [2.24, 2.45) is 5.92 Å². The SMILES string of the molecule is O=C(CCCCCS(=O)(=O)[O+]=C1CSCCS1)C1CCCCC1. The summed E-state index contributed by atoms with van der Waals surface area (Å²) in [7, 11) is -3.46. The molecule has 0 bridgehead atoms. The maximum absolute atomic E-state index is 12.1. The van der Waals surface area contributed by atoms with Crippen molar-refractivity contribution >= 4 is 44.5 Å². The molecule has 4 nitrogen and oxygen atoms in total.